The summed E-state index contributed by atoms with van der Waals surface area (Å²) in [6.07, 6.45) is 0. The van der Waals surface area contributed by atoms with E-state index in [1.54, 1.807) is 12.1 Å². The number of piperazine rings is 1. The van der Waals surface area contributed by atoms with Gasteiger partial charge in [-0.15, -0.1) is 0 Å². The Bertz CT molecular complexity index is 852. The molecule has 1 fully saturated rings. The largest absolute Gasteiger partial charge is 0.508 e. The number of phenolic OH excluding ortho intramolecular Hbond substituents is 1. The van der Waals surface area contributed by atoms with Gasteiger partial charge in [-0.3, -0.25) is 5.32 Å². The van der Waals surface area contributed by atoms with Crippen molar-refractivity contribution in [2.75, 3.05) is 36.4 Å². The summed E-state index contributed by atoms with van der Waals surface area (Å²) in [5.41, 5.74) is 1.96. The number of fused-ring (bicyclic) bond motifs is 1. The Kier molecular flexibility index (Phi) is 4.15. The lowest BCUT2D eigenvalue weighted by Crippen LogP contribution is -2.50. The lowest BCUT2D eigenvalue weighted by Gasteiger charge is -2.35. The molecule has 25 heavy (non-hydrogen) atoms. The zero-order valence-electron chi connectivity index (χ0n) is 13.6. The van der Waals surface area contributed by atoms with Crippen LogP contribution in [0, 0.1) is 0 Å². The number of carbonyl (C=O) groups is 1. The molecule has 0 radical (unpaired) electrons. The van der Waals surface area contributed by atoms with Crippen molar-refractivity contribution in [3.63, 3.8) is 0 Å². The predicted octanol–water partition coefficient (Wildman–Crippen LogP) is 3.36. The van der Waals surface area contributed by atoms with E-state index in [0.29, 0.717) is 18.2 Å². The number of nitrogens with one attached hydrogen (secondary N) is 1. The molecule has 0 bridgehead atoms. The number of hydrogen-bond acceptors (Lipinski definition) is 5. The van der Waals surface area contributed by atoms with Crippen LogP contribution in [-0.4, -0.2) is 47.2 Å². The molecule has 1 saturated heterocycles. The first-order chi connectivity index (χ1) is 12.2. The number of urea groups is 1. The van der Waals surface area contributed by atoms with E-state index in [0.717, 1.165) is 29.0 Å². The molecule has 4 rings (SSSR count). The summed E-state index contributed by atoms with van der Waals surface area (Å²) in [7, 11) is 0. The molecule has 2 aromatic carbocycles. The van der Waals surface area contributed by atoms with Crippen molar-refractivity contribution < 1.29 is 9.90 Å². The fourth-order valence-corrected chi connectivity index (χ4v) is 3.78. The highest BCUT2D eigenvalue weighted by molar-refractivity contribution is 7.22. The molecule has 1 aliphatic rings. The van der Waals surface area contributed by atoms with E-state index in [2.05, 4.69) is 15.2 Å². The minimum absolute atomic E-state index is 0.107. The van der Waals surface area contributed by atoms with Crippen molar-refractivity contribution in [2.24, 2.45) is 0 Å². The van der Waals surface area contributed by atoms with E-state index in [-0.39, 0.29) is 11.8 Å². The smallest absolute Gasteiger partial charge is 0.323 e. The average molecular weight is 354 g/mol. The average Bonchev–Trinajstić information content (AvgIpc) is 3.05. The van der Waals surface area contributed by atoms with Crippen molar-refractivity contribution in [2.45, 2.75) is 0 Å². The van der Waals surface area contributed by atoms with E-state index in [1.165, 1.54) is 11.3 Å². The van der Waals surface area contributed by atoms with Gasteiger partial charge in [-0.05, 0) is 36.4 Å². The molecule has 3 aromatic rings. The van der Waals surface area contributed by atoms with E-state index in [9.17, 15) is 9.90 Å². The number of phenols is 1. The molecule has 0 spiro atoms. The third-order valence-corrected chi connectivity index (χ3v) is 5.24. The Labute approximate surface area is 149 Å². The van der Waals surface area contributed by atoms with E-state index >= 15 is 0 Å². The summed E-state index contributed by atoms with van der Waals surface area (Å²) in [6.45, 7) is 2.82. The van der Waals surface area contributed by atoms with Gasteiger partial charge in [0.25, 0.3) is 0 Å². The van der Waals surface area contributed by atoms with Crippen LogP contribution in [0.4, 0.5) is 15.6 Å². The summed E-state index contributed by atoms with van der Waals surface area (Å²) in [5, 5.41) is 12.9. The van der Waals surface area contributed by atoms with Gasteiger partial charge in [0.05, 0.1) is 10.2 Å². The Balaban J connectivity index is 1.37. The molecule has 6 nitrogen and oxygen atoms in total. The topological polar surface area (TPSA) is 68.7 Å². The molecule has 2 amide bonds. The maximum atomic E-state index is 12.5. The first kappa shape index (κ1) is 15.7. The van der Waals surface area contributed by atoms with Crippen molar-refractivity contribution in [1.29, 1.82) is 0 Å². The highest BCUT2D eigenvalue weighted by Crippen LogP contribution is 2.26. The van der Waals surface area contributed by atoms with Crippen LogP contribution in [0.2, 0.25) is 0 Å². The second-order valence-electron chi connectivity index (χ2n) is 5.91. The fraction of sp³-hybridized carbons (Fsp3) is 0.222. The van der Waals surface area contributed by atoms with Gasteiger partial charge in [-0.2, -0.15) is 0 Å². The van der Waals surface area contributed by atoms with Crippen LogP contribution >= 0.6 is 11.3 Å². The highest BCUT2D eigenvalue weighted by Gasteiger charge is 2.22. The zero-order valence-corrected chi connectivity index (χ0v) is 14.4. The molecule has 0 saturated carbocycles. The number of para-hydroxylation sites is 1. The van der Waals surface area contributed by atoms with Gasteiger partial charge in [-0.1, -0.05) is 23.5 Å². The van der Waals surface area contributed by atoms with Crippen LogP contribution in [0.25, 0.3) is 10.2 Å². The Hall–Kier alpha value is -2.80. The highest BCUT2D eigenvalue weighted by atomic mass is 32.1. The number of aromatic hydroxyl groups is 1. The summed E-state index contributed by atoms with van der Waals surface area (Å²) in [5.74, 6) is 0.262. The molecule has 1 aliphatic heterocycles. The predicted molar refractivity (Wildman–Crippen MR) is 101 cm³/mol. The van der Waals surface area contributed by atoms with Gasteiger partial charge < -0.3 is 14.9 Å². The number of hydrogen-bond donors (Lipinski definition) is 2. The molecular formula is C18H18N4O2S. The fourth-order valence-electron chi connectivity index (χ4n) is 2.93. The van der Waals surface area contributed by atoms with Crippen LogP contribution < -0.4 is 10.2 Å². The van der Waals surface area contributed by atoms with E-state index in [4.69, 9.17) is 0 Å². The Morgan fingerprint density at radius 1 is 1.04 bits per heavy atom. The molecule has 0 atom stereocenters. The van der Waals surface area contributed by atoms with Gasteiger partial charge in [0.1, 0.15) is 5.75 Å². The lowest BCUT2D eigenvalue weighted by molar-refractivity contribution is 0.208. The van der Waals surface area contributed by atoms with Crippen molar-refractivity contribution in [3.8, 4) is 5.75 Å². The molecular weight excluding hydrogens is 336 g/mol. The second kappa shape index (κ2) is 6.60. The van der Waals surface area contributed by atoms with Gasteiger partial charge in [-0.25, -0.2) is 9.78 Å². The van der Waals surface area contributed by atoms with Crippen LogP contribution in [0.15, 0.2) is 48.5 Å². The van der Waals surface area contributed by atoms with Crippen molar-refractivity contribution in [1.82, 2.24) is 9.88 Å². The van der Waals surface area contributed by atoms with Crippen LogP contribution in [-0.2, 0) is 0 Å². The molecule has 128 valence electrons. The SMILES string of the molecule is O=C(Nc1nc2ccccc2s1)N1CCN(c2ccc(O)cc2)CC1. The normalized spacial score (nSPS) is 14.7. The van der Waals surface area contributed by atoms with Crippen molar-refractivity contribution >= 4 is 38.4 Å². The summed E-state index contributed by atoms with van der Waals surface area (Å²) in [6, 6.07) is 14.9. The number of nitrogens with zero attached hydrogens (tertiary/aromatic N) is 3. The maximum Gasteiger partial charge on any atom is 0.323 e. The Morgan fingerprint density at radius 2 is 1.76 bits per heavy atom. The number of rotatable bonds is 2. The van der Waals surface area contributed by atoms with E-state index < -0.39 is 0 Å². The number of anilines is 2. The first-order valence-corrected chi connectivity index (χ1v) is 8.96. The third-order valence-electron chi connectivity index (χ3n) is 4.29. The number of aromatic nitrogens is 1. The number of carbonyl (C=O) groups excluding carboxylic acids is 1. The maximum absolute atomic E-state index is 12.5. The molecule has 7 heteroatoms. The van der Waals surface area contributed by atoms with Gasteiger partial charge in [0.2, 0.25) is 0 Å². The molecule has 2 heterocycles. The molecule has 1 aromatic heterocycles. The summed E-state index contributed by atoms with van der Waals surface area (Å²) in [4.78, 5) is 20.9. The van der Waals surface area contributed by atoms with Crippen LogP contribution in [0.3, 0.4) is 0 Å². The summed E-state index contributed by atoms with van der Waals surface area (Å²) < 4.78 is 1.06. The minimum atomic E-state index is -0.107. The number of amides is 2. The Morgan fingerprint density at radius 3 is 2.48 bits per heavy atom. The standard InChI is InChI=1S/C18H18N4O2S/c23-14-7-5-13(6-8-14)21-9-11-22(12-10-21)18(24)20-17-19-15-3-1-2-4-16(15)25-17/h1-8,23H,9-12H2,(H,19,20,24). The van der Waals surface area contributed by atoms with Gasteiger partial charge >= 0.3 is 6.03 Å². The lowest BCUT2D eigenvalue weighted by atomic mass is 10.2. The molecule has 0 aliphatic carbocycles. The van der Waals surface area contributed by atoms with Crippen LogP contribution in [0.1, 0.15) is 0 Å². The van der Waals surface area contributed by atoms with Crippen LogP contribution in [0.5, 0.6) is 5.75 Å². The van der Waals surface area contributed by atoms with Gasteiger partial charge in [0.15, 0.2) is 5.13 Å². The molecule has 2 N–H and O–H groups in total. The quantitative estimate of drug-likeness (QED) is 0.740. The number of thiazole rings is 1. The third kappa shape index (κ3) is 3.36. The molecule has 0 unspecified atom stereocenters. The van der Waals surface area contributed by atoms with Gasteiger partial charge in [0, 0.05) is 31.9 Å². The number of benzene rings is 2. The monoisotopic (exact) mass is 354 g/mol. The second-order valence-corrected chi connectivity index (χ2v) is 6.94. The zero-order chi connectivity index (χ0) is 17.2. The van der Waals surface area contributed by atoms with Crippen molar-refractivity contribution in [3.05, 3.63) is 48.5 Å². The minimum Gasteiger partial charge on any atom is -0.508 e. The van der Waals surface area contributed by atoms with E-state index in [1.807, 2.05) is 41.3 Å². The first-order valence-electron chi connectivity index (χ1n) is 8.14. The summed E-state index contributed by atoms with van der Waals surface area (Å²) >= 11 is 1.48.